The molecule has 1 aromatic carbocycles. The lowest BCUT2D eigenvalue weighted by atomic mass is 10.0. The first-order chi connectivity index (χ1) is 10.2. The molecule has 0 amide bonds. The Labute approximate surface area is 130 Å². The first kappa shape index (κ1) is 16.3. The van der Waals surface area contributed by atoms with E-state index in [1.54, 1.807) is 11.8 Å². The number of rotatable bonds is 7. The third-order valence-electron chi connectivity index (χ3n) is 3.89. The normalized spacial score (nSPS) is 21.9. The highest BCUT2D eigenvalue weighted by atomic mass is 32.2. The van der Waals surface area contributed by atoms with E-state index in [1.165, 1.54) is 10.5 Å². The van der Waals surface area contributed by atoms with E-state index in [4.69, 9.17) is 4.74 Å². The minimum atomic E-state index is -0.753. The maximum absolute atomic E-state index is 11.3. The zero-order valence-corrected chi connectivity index (χ0v) is 13.4. The summed E-state index contributed by atoms with van der Waals surface area (Å²) in [5.41, 5.74) is 1.22. The van der Waals surface area contributed by atoms with Gasteiger partial charge in [-0.1, -0.05) is 19.1 Å². The second-order valence-corrected chi connectivity index (χ2v) is 6.25. The van der Waals surface area contributed by atoms with E-state index in [1.807, 2.05) is 0 Å². The fraction of sp³-hybridized carbons (Fsp3) is 0.562. The number of carbonyl (C=O) groups is 1. The standard InChI is InChI=1S/C16H23NO3S/c1-3-8-17(15-11-20-10-14(15)16(18)19)9-12-4-6-13(21-2)7-5-12/h4-7,14-15H,3,8-11H2,1-2H3,(H,18,19). The number of thioether (sulfide) groups is 1. The number of benzene rings is 1. The predicted molar refractivity (Wildman–Crippen MR) is 84.7 cm³/mol. The number of aliphatic carboxylic acids is 1. The average Bonchev–Trinajstić information content (AvgIpc) is 2.97. The van der Waals surface area contributed by atoms with Gasteiger partial charge in [0.15, 0.2) is 0 Å². The molecule has 1 heterocycles. The topological polar surface area (TPSA) is 49.8 Å². The molecule has 0 aromatic heterocycles. The van der Waals surface area contributed by atoms with Crippen LogP contribution in [0.1, 0.15) is 18.9 Å². The number of carboxylic acids is 1. The molecule has 1 aromatic rings. The molecule has 0 radical (unpaired) electrons. The first-order valence-electron chi connectivity index (χ1n) is 7.33. The Bertz CT molecular complexity index is 463. The second kappa shape index (κ2) is 7.82. The maximum Gasteiger partial charge on any atom is 0.310 e. The summed E-state index contributed by atoms with van der Waals surface area (Å²) < 4.78 is 5.41. The highest BCUT2D eigenvalue weighted by Crippen LogP contribution is 2.23. The van der Waals surface area contributed by atoms with E-state index in [0.29, 0.717) is 13.2 Å². The van der Waals surface area contributed by atoms with E-state index < -0.39 is 11.9 Å². The number of ether oxygens (including phenoxy) is 1. The number of hydrogen-bond acceptors (Lipinski definition) is 4. The molecule has 4 nitrogen and oxygen atoms in total. The Morgan fingerprint density at radius 1 is 1.38 bits per heavy atom. The monoisotopic (exact) mass is 309 g/mol. The molecule has 1 aliphatic heterocycles. The predicted octanol–water partition coefficient (Wildman–Crippen LogP) is 2.72. The van der Waals surface area contributed by atoms with E-state index in [-0.39, 0.29) is 6.04 Å². The van der Waals surface area contributed by atoms with Crippen molar-refractivity contribution in [3.8, 4) is 0 Å². The van der Waals surface area contributed by atoms with Crippen molar-refractivity contribution in [3.05, 3.63) is 29.8 Å². The van der Waals surface area contributed by atoms with Gasteiger partial charge in [0, 0.05) is 17.5 Å². The Morgan fingerprint density at radius 2 is 2.10 bits per heavy atom. The van der Waals surface area contributed by atoms with Crippen molar-refractivity contribution in [2.45, 2.75) is 30.8 Å². The molecule has 1 saturated heterocycles. The van der Waals surface area contributed by atoms with Crippen molar-refractivity contribution in [2.75, 3.05) is 26.0 Å². The third-order valence-corrected chi connectivity index (χ3v) is 4.64. The van der Waals surface area contributed by atoms with Gasteiger partial charge in [0.1, 0.15) is 0 Å². The van der Waals surface area contributed by atoms with Crippen LogP contribution in [0.3, 0.4) is 0 Å². The molecule has 5 heteroatoms. The van der Waals surface area contributed by atoms with Crippen molar-refractivity contribution in [1.82, 2.24) is 4.90 Å². The van der Waals surface area contributed by atoms with Gasteiger partial charge in [-0.25, -0.2) is 0 Å². The van der Waals surface area contributed by atoms with Crippen molar-refractivity contribution in [3.63, 3.8) is 0 Å². The van der Waals surface area contributed by atoms with Crippen molar-refractivity contribution in [2.24, 2.45) is 5.92 Å². The van der Waals surface area contributed by atoms with Crippen LogP contribution in [-0.4, -0.2) is 48.0 Å². The van der Waals surface area contributed by atoms with E-state index in [9.17, 15) is 9.90 Å². The minimum absolute atomic E-state index is 0.0253. The van der Waals surface area contributed by atoms with Gasteiger partial charge in [0.2, 0.25) is 0 Å². The highest BCUT2D eigenvalue weighted by Gasteiger charge is 2.37. The molecule has 116 valence electrons. The van der Waals surface area contributed by atoms with Crippen molar-refractivity contribution in [1.29, 1.82) is 0 Å². The molecule has 1 fully saturated rings. The van der Waals surface area contributed by atoms with Gasteiger partial charge in [-0.05, 0) is 36.9 Å². The molecule has 2 atom stereocenters. The fourth-order valence-corrected chi connectivity index (χ4v) is 3.16. The lowest BCUT2D eigenvalue weighted by molar-refractivity contribution is -0.143. The largest absolute Gasteiger partial charge is 0.481 e. The summed E-state index contributed by atoms with van der Waals surface area (Å²) in [6.45, 7) is 4.63. The summed E-state index contributed by atoms with van der Waals surface area (Å²) in [7, 11) is 0. The van der Waals surface area contributed by atoms with Gasteiger partial charge < -0.3 is 9.84 Å². The van der Waals surface area contributed by atoms with Gasteiger partial charge >= 0.3 is 5.97 Å². The quantitative estimate of drug-likeness (QED) is 0.785. The molecule has 0 aliphatic carbocycles. The van der Waals surface area contributed by atoms with Gasteiger partial charge in [-0.15, -0.1) is 11.8 Å². The van der Waals surface area contributed by atoms with Crippen LogP contribution in [0.5, 0.6) is 0 Å². The molecule has 2 unspecified atom stereocenters. The molecule has 0 saturated carbocycles. The van der Waals surface area contributed by atoms with Gasteiger partial charge in [-0.3, -0.25) is 9.69 Å². The SMILES string of the molecule is CCCN(Cc1ccc(SC)cc1)C1COCC1C(=O)O. The summed E-state index contributed by atoms with van der Waals surface area (Å²) in [6.07, 6.45) is 3.07. The fourth-order valence-electron chi connectivity index (χ4n) is 2.75. The smallest absolute Gasteiger partial charge is 0.310 e. The Kier molecular flexibility index (Phi) is 6.08. The first-order valence-corrected chi connectivity index (χ1v) is 8.55. The molecular weight excluding hydrogens is 286 g/mol. The highest BCUT2D eigenvalue weighted by molar-refractivity contribution is 7.98. The maximum atomic E-state index is 11.3. The molecule has 2 rings (SSSR count). The molecule has 0 spiro atoms. The third kappa shape index (κ3) is 4.22. The lowest BCUT2D eigenvalue weighted by Gasteiger charge is -2.30. The molecular formula is C16H23NO3S. The zero-order valence-electron chi connectivity index (χ0n) is 12.6. The van der Waals surface area contributed by atoms with Crippen LogP contribution in [0.25, 0.3) is 0 Å². The van der Waals surface area contributed by atoms with Gasteiger partial charge in [-0.2, -0.15) is 0 Å². The van der Waals surface area contributed by atoms with Crippen molar-refractivity contribution < 1.29 is 14.6 Å². The van der Waals surface area contributed by atoms with Crippen LogP contribution in [0.2, 0.25) is 0 Å². The Morgan fingerprint density at radius 3 is 2.67 bits per heavy atom. The van der Waals surface area contributed by atoms with Crippen LogP contribution in [0, 0.1) is 5.92 Å². The summed E-state index contributed by atoms with van der Waals surface area (Å²) in [6, 6.07) is 8.45. The van der Waals surface area contributed by atoms with E-state index in [2.05, 4.69) is 42.3 Å². The number of hydrogen-bond donors (Lipinski definition) is 1. The summed E-state index contributed by atoms with van der Waals surface area (Å²) in [5.74, 6) is -1.17. The number of nitrogens with zero attached hydrogens (tertiary/aromatic N) is 1. The van der Waals surface area contributed by atoms with E-state index >= 15 is 0 Å². The Balaban J connectivity index is 2.08. The number of carboxylic acid groups (broad SMARTS) is 1. The van der Waals surface area contributed by atoms with Gasteiger partial charge in [0.05, 0.1) is 19.1 Å². The second-order valence-electron chi connectivity index (χ2n) is 5.37. The van der Waals surface area contributed by atoms with E-state index in [0.717, 1.165) is 19.5 Å². The van der Waals surface area contributed by atoms with Crippen molar-refractivity contribution >= 4 is 17.7 Å². The summed E-state index contributed by atoms with van der Waals surface area (Å²) in [4.78, 5) is 14.8. The summed E-state index contributed by atoms with van der Waals surface area (Å²) >= 11 is 1.72. The van der Waals surface area contributed by atoms with Gasteiger partial charge in [0.25, 0.3) is 0 Å². The molecule has 1 aliphatic rings. The molecule has 1 N–H and O–H groups in total. The minimum Gasteiger partial charge on any atom is -0.481 e. The van der Waals surface area contributed by atoms with Crippen LogP contribution in [0.4, 0.5) is 0 Å². The average molecular weight is 309 g/mol. The molecule has 0 bridgehead atoms. The lowest BCUT2D eigenvalue weighted by Crippen LogP contribution is -2.43. The zero-order chi connectivity index (χ0) is 15.2. The van der Waals surface area contributed by atoms with Crippen LogP contribution in [0.15, 0.2) is 29.2 Å². The Hall–Kier alpha value is -1.04. The van der Waals surface area contributed by atoms with Crippen LogP contribution < -0.4 is 0 Å². The van der Waals surface area contributed by atoms with Crippen LogP contribution in [-0.2, 0) is 16.1 Å². The summed E-state index contributed by atoms with van der Waals surface area (Å²) in [5, 5.41) is 9.33. The van der Waals surface area contributed by atoms with Crippen LogP contribution >= 0.6 is 11.8 Å². The molecule has 21 heavy (non-hydrogen) atoms.